The second-order valence-electron chi connectivity index (χ2n) is 2.24. The maximum Gasteiger partial charge on any atom is 0.0749 e. The SMILES string of the molecule is OC/C(I)=C(\I)c1ccccc1. The molecular formula is C9H8I2O. The predicted molar refractivity (Wildman–Crippen MR) is 68.5 cm³/mol. The van der Waals surface area contributed by atoms with Crippen LogP contribution in [-0.4, -0.2) is 11.7 Å². The summed E-state index contributed by atoms with van der Waals surface area (Å²) in [5, 5.41) is 8.90. The number of hydrogen-bond acceptors (Lipinski definition) is 1. The molecule has 0 heterocycles. The van der Waals surface area contributed by atoms with E-state index >= 15 is 0 Å². The summed E-state index contributed by atoms with van der Waals surface area (Å²) in [7, 11) is 0. The normalized spacial score (nSPS) is 12.6. The maximum atomic E-state index is 8.90. The number of halogens is 2. The van der Waals surface area contributed by atoms with E-state index in [0.717, 1.165) is 12.7 Å². The van der Waals surface area contributed by atoms with Crippen molar-refractivity contribution in [2.45, 2.75) is 0 Å². The summed E-state index contributed by atoms with van der Waals surface area (Å²) in [4.78, 5) is 0. The molecule has 0 aromatic heterocycles. The molecule has 0 spiro atoms. The minimum absolute atomic E-state index is 0.119. The first-order valence-corrected chi connectivity index (χ1v) is 5.62. The van der Waals surface area contributed by atoms with Gasteiger partial charge in [-0.1, -0.05) is 30.3 Å². The molecule has 0 bridgehead atoms. The average molecular weight is 386 g/mol. The second kappa shape index (κ2) is 5.18. The monoisotopic (exact) mass is 386 g/mol. The lowest BCUT2D eigenvalue weighted by atomic mass is 10.2. The Bertz CT molecular complexity index is 280. The van der Waals surface area contributed by atoms with E-state index in [1.54, 1.807) is 0 Å². The molecule has 1 N–H and O–H groups in total. The number of hydrogen-bond donors (Lipinski definition) is 1. The van der Waals surface area contributed by atoms with Crippen LogP contribution in [0.2, 0.25) is 0 Å². The molecule has 0 radical (unpaired) electrons. The summed E-state index contributed by atoms with van der Waals surface area (Å²) in [5.41, 5.74) is 1.16. The van der Waals surface area contributed by atoms with Crippen molar-refractivity contribution < 1.29 is 5.11 Å². The van der Waals surface area contributed by atoms with Gasteiger partial charge in [-0.25, -0.2) is 0 Å². The van der Waals surface area contributed by atoms with E-state index in [-0.39, 0.29) is 6.61 Å². The summed E-state index contributed by atoms with van der Waals surface area (Å²) >= 11 is 4.40. The van der Waals surface area contributed by atoms with Gasteiger partial charge >= 0.3 is 0 Å². The van der Waals surface area contributed by atoms with E-state index < -0.39 is 0 Å². The highest BCUT2D eigenvalue weighted by atomic mass is 127. The van der Waals surface area contributed by atoms with E-state index in [1.807, 2.05) is 30.3 Å². The summed E-state index contributed by atoms with van der Waals surface area (Å²) in [6, 6.07) is 10.1. The van der Waals surface area contributed by atoms with Crippen LogP contribution in [0.1, 0.15) is 5.56 Å². The zero-order chi connectivity index (χ0) is 8.97. The number of rotatable bonds is 2. The van der Waals surface area contributed by atoms with Crippen LogP contribution in [0.3, 0.4) is 0 Å². The summed E-state index contributed by atoms with van der Waals surface area (Å²) in [6.07, 6.45) is 0. The Labute approximate surface area is 99.2 Å². The van der Waals surface area contributed by atoms with E-state index in [9.17, 15) is 0 Å². The standard InChI is InChI=1S/C9H8I2O/c10-8(6-12)9(11)7-4-2-1-3-5-7/h1-5,12H,6H2/b9-8+. The molecule has 0 fully saturated rings. The van der Waals surface area contributed by atoms with Crippen molar-refractivity contribution in [3.8, 4) is 0 Å². The highest BCUT2D eigenvalue weighted by Crippen LogP contribution is 2.28. The summed E-state index contributed by atoms with van der Waals surface area (Å²) in [6.45, 7) is 0.119. The van der Waals surface area contributed by atoms with Crippen molar-refractivity contribution in [2.75, 3.05) is 6.61 Å². The molecule has 0 saturated carbocycles. The Balaban J connectivity index is 3.00. The first kappa shape index (κ1) is 10.5. The van der Waals surface area contributed by atoms with Crippen LogP contribution >= 0.6 is 45.2 Å². The van der Waals surface area contributed by atoms with Gasteiger partial charge in [0.2, 0.25) is 0 Å². The van der Waals surface area contributed by atoms with Crippen LogP contribution in [0.15, 0.2) is 33.9 Å². The molecule has 1 aromatic carbocycles. The number of benzene rings is 1. The highest BCUT2D eigenvalue weighted by Gasteiger charge is 2.00. The number of aliphatic hydroxyl groups excluding tert-OH is 1. The third-order valence-corrected chi connectivity index (χ3v) is 4.59. The van der Waals surface area contributed by atoms with E-state index in [1.165, 1.54) is 0 Å². The lowest BCUT2D eigenvalue weighted by Gasteiger charge is -2.01. The molecule has 0 atom stereocenters. The van der Waals surface area contributed by atoms with Gasteiger partial charge in [0, 0.05) is 7.16 Å². The molecule has 64 valence electrons. The molecule has 1 aromatic rings. The first-order chi connectivity index (χ1) is 5.75. The first-order valence-electron chi connectivity index (χ1n) is 3.46. The van der Waals surface area contributed by atoms with Crippen molar-refractivity contribution in [3.05, 3.63) is 39.5 Å². The van der Waals surface area contributed by atoms with Gasteiger partial charge < -0.3 is 5.11 Å². The van der Waals surface area contributed by atoms with Gasteiger partial charge in [0.05, 0.1) is 6.61 Å². The molecular weight excluding hydrogens is 378 g/mol. The Kier molecular flexibility index (Phi) is 4.52. The van der Waals surface area contributed by atoms with Gasteiger partial charge in [-0.15, -0.1) is 0 Å². The fraction of sp³-hybridized carbons (Fsp3) is 0.111. The zero-order valence-corrected chi connectivity index (χ0v) is 10.6. The fourth-order valence-electron chi connectivity index (χ4n) is 0.811. The molecule has 1 rings (SSSR count). The predicted octanol–water partition coefficient (Wildman–Crippen LogP) is 3.22. The van der Waals surface area contributed by atoms with Gasteiger partial charge in [0.25, 0.3) is 0 Å². The molecule has 12 heavy (non-hydrogen) atoms. The molecule has 0 aliphatic carbocycles. The third-order valence-electron chi connectivity index (χ3n) is 1.40. The molecule has 0 aliphatic rings. The van der Waals surface area contributed by atoms with E-state index in [2.05, 4.69) is 45.2 Å². The van der Waals surface area contributed by atoms with Crippen LogP contribution in [-0.2, 0) is 0 Å². The average Bonchev–Trinajstić information content (AvgIpc) is 2.17. The smallest absolute Gasteiger partial charge is 0.0749 e. The van der Waals surface area contributed by atoms with Crippen molar-refractivity contribution in [1.82, 2.24) is 0 Å². The lowest BCUT2D eigenvalue weighted by Crippen LogP contribution is -1.84. The van der Waals surface area contributed by atoms with Crippen LogP contribution in [0.4, 0.5) is 0 Å². The minimum atomic E-state index is 0.119. The van der Waals surface area contributed by atoms with E-state index in [0.29, 0.717) is 0 Å². The van der Waals surface area contributed by atoms with Gasteiger partial charge in [0.15, 0.2) is 0 Å². The molecule has 3 heteroatoms. The highest BCUT2D eigenvalue weighted by molar-refractivity contribution is 14.1. The van der Waals surface area contributed by atoms with Crippen LogP contribution in [0, 0.1) is 0 Å². The van der Waals surface area contributed by atoms with Gasteiger partial charge in [-0.05, 0) is 50.7 Å². The van der Waals surface area contributed by atoms with Crippen molar-refractivity contribution >= 4 is 48.8 Å². The summed E-state index contributed by atoms with van der Waals surface area (Å²) < 4.78 is 2.11. The topological polar surface area (TPSA) is 20.2 Å². The van der Waals surface area contributed by atoms with Crippen LogP contribution in [0.5, 0.6) is 0 Å². The van der Waals surface area contributed by atoms with Crippen molar-refractivity contribution in [3.63, 3.8) is 0 Å². The molecule has 0 unspecified atom stereocenters. The van der Waals surface area contributed by atoms with Gasteiger partial charge in [0.1, 0.15) is 0 Å². The second-order valence-corrected chi connectivity index (χ2v) is 4.62. The maximum absolute atomic E-state index is 8.90. The lowest BCUT2D eigenvalue weighted by molar-refractivity contribution is 0.342. The third kappa shape index (κ3) is 2.70. The van der Waals surface area contributed by atoms with Crippen molar-refractivity contribution in [2.24, 2.45) is 0 Å². The molecule has 0 aliphatic heterocycles. The van der Waals surface area contributed by atoms with Gasteiger partial charge in [-0.3, -0.25) is 0 Å². The minimum Gasteiger partial charge on any atom is -0.391 e. The Hall–Kier alpha value is 0.380. The zero-order valence-electron chi connectivity index (χ0n) is 6.30. The molecule has 0 saturated heterocycles. The molecule has 1 nitrogen and oxygen atoms in total. The van der Waals surface area contributed by atoms with E-state index in [4.69, 9.17) is 5.11 Å². The quantitative estimate of drug-likeness (QED) is 0.775. The van der Waals surface area contributed by atoms with Crippen LogP contribution in [0.25, 0.3) is 3.58 Å². The Morgan fingerprint density at radius 1 is 1.17 bits per heavy atom. The van der Waals surface area contributed by atoms with Crippen LogP contribution < -0.4 is 0 Å². The Morgan fingerprint density at radius 3 is 2.25 bits per heavy atom. The largest absolute Gasteiger partial charge is 0.391 e. The Morgan fingerprint density at radius 2 is 1.75 bits per heavy atom. The fourth-order valence-corrected chi connectivity index (χ4v) is 1.65. The summed E-state index contributed by atoms with van der Waals surface area (Å²) in [5.74, 6) is 0. The van der Waals surface area contributed by atoms with Gasteiger partial charge in [-0.2, -0.15) is 0 Å². The molecule has 0 amide bonds. The van der Waals surface area contributed by atoms with Crippen molar-refractivity contribution in [1.29, 1.82) is 0 Å². The number of aliphatic hydroxyl groups is 1.